The number of aliphatic hydroxyl groups is 1. The number of rotatable bonds is 3. The molecule has 1 rings (SSSR count). The molecule has 0 saturated heterocycles. The van der Waals surface area contributed by atoms with E-state index in [-0.39, 0.29) is 30.5 Å². The van der Waals surface area contributed by atoms with E-state index in [2.05, 4.69) is 45.0 Å². The van der Waals surface area contributed by atoms with Crippen LogP contribution in [0.15, 0.2) is 24.3 Å². The van der Waals surface area contributed by atoms with Gasteiger partial charge in [-0.05, 0) is 23.0 Å². The highest BCUT2D eigenvalue weighted by Crippen LogP contribution is 2.22. The van der Waals surface area contributed by atoms with Crippen molar-refractivity contribution in [2.24, 2.45) is 5.73 Å². The molecule has 0 aliphatic rings. The summed E-state index contributed by atoms with van der Waals surface area (Å²) >= 11 is 0. The molecule has 3 N–H and O–H groups in total. The Morgan fingerprint density at radius 2 is 1.69 bits per heavy atom. The van der Waals surface area contributed by atoms with Gasteiger partial charge in [0.2, 0.25) is 0 Å². The van der Waals surface area contributed by atoms with Crippen LogP contribution in [-0.4, -0.2) is 17.8 Å². The van der Waals surface area contributed by atoms with Crippen molar-refractivity contribution in [3.8, 4) is 0 Å². The fourth-order valence-electron chi connectivity index (χ4n) is 1.51. The molecule has 1 unspecified atom stereocenters. The summed E-state index contributed by atoms with van der Waals surface area (Å²) in [5, 5.41) is 8.85. The third kappa shape index (κ3) is 4.52. The standard InChI is InChI=1S/C13H21NO.ClH/c1-13(2,3)11-6-4-10(5-7-11)8-12(14)9-15;/h4-7,12,15H,8-9,14H2,1-3H3;1H. The van der Waals surface area contributed by atoms with E-state index in [1.54, 1.807) is 0 Å². The predicted molar refractivity (Wildman–Crippen MR) is 71.2 cm³/mol. The van der Waals surface area contributed by atoms with E-state index in [9.17, 15) is 0 Å². The minimum Gasteiger partial charge on any atom is -0.395 e. The van der Waals surface area contributed by atoms with Gasteiger partial charge in [0, 0.05) is 6.04 Å². The number of aliphatic hydroxyl groups excluding tert-OH is 1. The van der Waals surface area contributed by atoms with Crippen LogP contribution in [0.25, 0.3) is 0 Å². The molecule has 0 spiro atoms. The molecule has 92 valence electrons. The molecule has 0 saturated carbocycles. The second-order valence-corrected chi connectivity index (χ2v) is 5.09. The molecule has 1 aromatic rings. The van der Waals surface area contributed by atoms with Gasteiger partial charge >= 0.3 is 0 Å². The molecule has 0 aliphatic carbocycles. The zero-order chi connectivity index (χ0) is 11.5. The summed E-state index contributed by atoms with van der Waals surface area (Å²) in [6.45, 7) is 6.63. The summed E-state index contributed by atoms with van der Waals surface area (Å²) in [4.78, 5) is 0. The van der Waals surface area contributed by atoms with Crippen LogP contribution >= 0.6 is 12.4 Å². The molecular weight excluding hydrogens is 222 g/mol. The Morgan fingerprint density at radius 1 is 1.19 bits per heavy atom. The summed E-state index contributed by atoms with van der Waals surface area (Å²) in [5.74, 6) is 0. The van der Waals surface area contributed by atoms with Gasteiger partial charge in [0.1, 0.15) is 0 Å². The molecule has 16 heavy (non-hydrogen) atoms. The summed E-state index contributed by atoms with van der Waals surface area (Å²) < 4.78 is 0. The highest BCUT2D eigenvalue weighted by molar-refractivity contribution is 5.85. The number of halogens is 1. The topological polar surface area (TPSA) is 46.2 Å². The maximum Gasteiger partial charge on any atom is 0.0585 e. The van der Waals surface area contributed by atoms with Gasteiger partial charge < -0.3 is 10.8 Å². The van der Waals surface area contributed by atoms with Crippen molar-refractivity contribution in [2.45, 2.75) is 38.6 Å². The second kappa shape index (κ2) is 6.24. The Morgan fingerprint density at radius 3 is 2.06 bits per heavy atom. The van der Waals surface area contributed by atoms with Crippen molar-refractivity contribution < 1.29 is 5.11 Å². The molecule has 0 fully saturated rings. The summed E-state index contributed by atoms with van der Waals surface area (Å²) in [6, 6.07) is 8.32. The van der Waals surface area contributed by atoms with E-state index in [0.29, 0.717) is 0 Å². The molecule has 1 atom stereocenters. The fraction of sp³-hybridized carbons (Fsp3) is 0.538. The Kier molecular flexibility index (Phi) is 6.01. The first-order chi connectivity index (χ1) is 6.93. The Hall–Kier alpha value is -0.570. The van der Waals surface area contributed by atoms with Crippen LogP contribution in [0, 0.1) is 0 Å². The van der Waals surface area contributed by atoms with Crippen LogP contribution in [0.5, 0.6) is 0 Å². The third-order valence-corrected chi connectivity index (χ3v) is 2.55. The molecule has 0 aromatic heterocycles. The predicted octanol–water partition coefficient (Wildman–Crippen LogP) is 2.27. The maximum absolute atomic E-state index is 8.85. The van der Waals surface area contributed by atoms with Gasteiger partial charge in [0.25, 0.3) is 0 Å². The molecule has 0 heterocycles. The van der Waals surface area contributed by atoms with Crippen molar-refractivity contribution in [2.75, 3.05) is 6.61 Å². The first-order valence-corrected chi connectivity index (χ1v) is 5.39. The number of benzene rings is 1. The van der Waals surface area contributed by atoms with Gasteiger partial charge in [0.05, 0.1) is 6.61 Å². The molecule has 0 aliphatic heterocycles. The van der Waals surface area contributed by atoms with Gasteiger partial charge in [-0.3, -0.25) is 0 Å². The lowest BCUT2D eigenvalue weighted by molar-refractivity contribution is 0.265. The van der Waals surface area contributed by atoms with E-state index in [4.69, 9.17) is 10.8 Å². The van der Waals surface area contributed by atoms with Crippen LogP contribution in [0.4, 0.5) is 0 Å². The third-order valence-electron chi connectivity index (χ3n) is 2.55. The highest BCUT2D eigenvalue weighted by atomic mass is 35.5. The second-order valence-electron chi connectivity index (χ2n) is 5.09. The van der Waals surface area contributed by atoms with Gasteiger partial charge in [-0.15, -0.1) is 12.4 Å². The minimum atomic E-state index is -0.148. The lowest BCUT2D eigenvalue weighted by Gasteiger charge is -2.19. The number of hydrogen-bond donors (Lipinski definition) is 2. The summed E-state index contributed by atoms with van der Waals surface area (Å²) in [5.41, 5.74) is 8.38. The van der Waals surface area contributed by atoms with Gasteiger partial charge in [-0.25, -0.2) is 0 Å². The van der Waals surface area contributed by atoms with E-state index in [1.165, 1.54) is 11.1 Å². The zero-order valence-corrected chi connectivity index (χ0v) is 11.1. The average molecular weight is 244 g/mol. The highest BCUT2D eigenvalue weighted by Gasteiger charge is 2.13. The monoisotopic (exact) mass is 243 g/mol. The van der Waals surface area contributed by atoms with Gasteiger partial charge in [0.15, 0.2) is 0 Å². The van der Waals surface area contributed by atoms with E-state index in [0.717, 1.165) is 6.42 Å². The van der Waals surface area contributed by atoms with Crippen molar-refractivity contribution >= 4 is 12.4 Å². The zero-order valence-electron chi connectivity index (χ0n) is 10.2. The quantitative estimate of drug-likeness (QED) is 0.856. The molecule has 0 amide bonds. The van der Waals surface area contributed by atoms with Crippen LogP contribution in [0.1, 0.15) is 31.9 Å². The SMILES string of the molecule is CC(C)(C)c1ccc(CC(N)CO)cc1.Cl. The molecular formula is C13H22ClNO. The van der Waals surface area contributed by atoms with Crippen LogP contribution in [0.3, 0.4) is 0 Å². The smallest absolute Gasteiger partial charge is 0.0585 e. The van der Waals surface area contributed by atoms with Gasteiger partial charge in [-0.1, -0.05) is 45.0 Å². The minimum absolute atomic E-state index is 0. The van der Waals surface area contributed by atoms with Crippen molar-refractivity contribution in [1.29, 1.82) is 0 Å². The lowest BCUT2D eigenvalue weighted by atomic mass is 9.86. The average Bonchev–Trinajstić information content (AvgIpc) is 2.17. The number of nitrogens with two attached hydrogens (primary N) is 1. The summed E-state index contributed by atoms with van der Waals surface area (Å²) in [7, 11) is 0. The molecule has 3 heteroatoms. The van der Waals surface area contributed by atoms with Crippen molar-refractivity contribution in [1.82, 2.24) is 0 Å². The van der Waals surface area contributed by atoms with Gasteiger partial charge in [-0.2, -0.15) is 0 Å². The maximum atomic E-state index is 8.85. The first-order valence-electron chi connectivity index (χ1n) is 5.39. The Labute approximate surface area is 104 Å². The normalized spacial score (nSPS) is 13.1. The van der Waals surface area contributed by atoms with E-state index in [1.807, 2.05) is 0 Å². The largest absolute Gasteiger partial charge is 0.395 e. The van der Waals surface area contributed by atoms with Crippen LogP contribution in [0.2, 0.25) is 0 Å². The van der Waals surface area contributed by atoms with E-state index >= 15 is 0 Å². The van der Waals surface area contributed by atoms with Crippen molar-refractivity contribution in [3.63, 3.8) is 0 Å². The lowest BCUT2D eigenvalue weighted by Crippen LogP contribution is -2.26. The summed E-state index contributed by atoms with van der Waals surface area (Å²) in [6.07, 6.45) is 0.737. The Bertz CT molecular complexity index is 303. The Balaban J connectivity index is 0.00000225. The molecule has 1 aromatic carbocycles. The van der Waals surface area contributed by atoms with Crippen LogP contribution < -0.4 is 5.73 Å². The number of hydrogen-bond acceptors (Lipinski definition) is 2. The van der Waals surface area contributed by atoms with E-state index < -0.39 is 0 Å². The fourth-order valence-corrected chi connectivity index (χ4v) is 1.51. The molecule has 0 radical (unpaired) electrons. The molecule has 2 nitrogen and oxygen atoms in total. The molecule has 0 bridgehead atoms. The van der Waals surface area contributed by atoms with Crippen LogP contribution in [-0.2, 0) is 11.8 Å². The first kappa shape index (κ1) is 15.4. The van der Waals surface area contributed by atoms with Crippen molar-refractivity contribution in [3.05, 3.63) is 35.4 Å².